The van der Waals surface area contributed by atoms with Gasteiger partial charge in [0.1, 0.15) is 18.2 Å². The van der Waals surface area contributed by atoms with E-state index in [1.54, 1.807) is 30.1 Å². The largest absolute Gasteiger partial charge is 0.491 e. The summed E-state index contributed by atoms with van der Waals surface area (Å²) in [6.45, 7) is 1.47. The Labute approximate surface area is 196 Å². The molecule has 2 aliphatic heterocycles. The van der Waals surface area contributed by atoms with Crippen molar-refractivity contribution in [3.63, 3.8) is 0 Å². The van der Waals surface area contributed by atoms with Crippen LogP contribution in [0.3, 0.4) is 0 Å². The minimum absolute atomic E-state index is 0.109. The molecule has 2 bridgehead atoms. The standard InChI is InChI=1S/C24H26FN7O2/c1-30-13-17-18-12-20(23(26)28-27-18)32-8-2-3-19(32)16-11-14(25)4-7-21(16)34-10-9-31(15-5-6-15)24(33)22(17)29-30/h4,7,11-13,15,19H,2-3,5-6,8-10H2,1H3,(H2,26,28)/t19-/m1/s1. The lowest BCUT2D eigenvalue weighted by Crippen LogP contribution is -2.37. The third-order valence-corrected chi connectivity index (χ3v) is 6.84. The first-order valence-corrected chi connectivity index (χ1v) is 11.7. The number of amides is 1. The van der Waals surface area contributed by atoms with Crippen LogP contribution in [0.5, 0.6) is 5.75 Å². The first-order chi connectivity index (χ1) is 16.5. The predicted molar refractivity (Wildman–Crippen MR) is 124 cm³/mol. The monoisotopic (exact) mass is 463 g/mol. The van der Waals surface area contributed by atoms with Gasteiger partial charge in [-0.1, -0.05) is 0 Å². The first kappa shape index (κ1) is 20.9. The predicted octanol–water partition coefficient (Wildman–Crippen LogP) is 2.94. The highest BCUT2D eigenvalue weighted by Crippen LogP contribution is 2.43. The Balaban J connectivity index is 1.53. The number of hydrogen-bond donors (Lipinski definition) is 1. The molecule has 4 heterocycles. The summed E-state index contributed by atoms with van der Waals surface area (Å²) in [7, 11) is 1.78. The highest BCUT2D eigenvalue weighted by atomic mass is 19.1. The van der Waals surface area contributed by atoms with E-state index in [1.165, 1.54) is 6.07 Å². The van der Waals surface area contributed by atoms with E-state index in [-0.39, 0.29) is 29.6 Å². The third kappa shape index (κ3) is 3.53. The Morgan fingerprint density at radius 1 is 1.12 bits per heavy atom. The molecule has 10 heteroatoms. The van der Waals surface area contributed by atoms with Crippen LogP contribution in [0, 0.1) is 5.82 Å². The van der Waals surface area contributed by atoms with E-state index in [0.29, 0.717) is 41.5 Å². The number of ether oxygens (including phenoxy) is 1. The van der Waals surface area contributed by atoms with Crippen LogP contribution < -0.4 is 15.4 Å². The molecule has 1 atom stereocenters. The molecule has 1 saturated carbocycles. The summed E-state index contributed by atoms with van der Waals surface area (Å²) in [5.41, 5.74) is 9.27. The molecule has 3 aromatic rings. The second kappa shape index (κ2) is 7.96. The molecule has 2 N–H and O–H groups in total. The van der Waals surface area contributed by atoms with Gasteiger partial charge in [0.2, 0.25) is 0 Å². The zero-order valence-electron chi connectivity index (χ0n) is 18.9. The van der Waals surface area contributed by atoms with Gasteiger partial charge in [0.15, 0.2) is 11.5 Å². The maximum atomic E-state index is 14.3. The normalized spacial score (nSPS) is 20.3. The highest BCUT2D eigenvalue weighted by Gasteiger charge is 2.36. The van der Waals surface area contributed by atoms with E-state index >= 15 is 0 Å². The molecule has 1 saturated heterocycles. The summed E-state index contributed by atoms with van der Waals surface area (Å²) >= 11 is 0. The van der Waals surface area contributed by atoms with Crippen molar-refractivity contribution in [3.05, 3.63) is 47.5 Å². The van der Waals surface area contributed by atoms with Crippen molar-refractivity contribution in [2.24, 2.45) is 7.05 Å². The number of nitrogen functional groups attached to an aromatic ring is 1. The SMILES string of the molecule is Cn1cc2c(n1)C(=O)N(C1CC1)CCOc1ccc(F)cc1[C@H]1CCCN1c1cc-2nnc1N. The number of nitrogens with two attached hydrogens (primary N) is 1. The number of hydrogen-bond acceptors (Lipinski definition) is 7. The number of carbonyl (C=O) groups is 1. The fourth-order valence-electron chi connectivity index (χ4n) is 5.10. The summed E-state index contributed by atoms with van der Waals surface area (Å²) in [6.07, 6.45) is 5.46. The maximum Gasteiger partial charge on any atom is 0.275 e. The van der Waals surface area contributed by atoms with E-state index in [4.69, 9.17) is 10.5 Å². The van der Waals surface area contributed by atoms with Crippen molar-refractivity contribution < 1.29 is 13.9 Å². The van der Waals surface area contributed by atoms with Gasteiger partial charge in [-0.25, -0.2) is 4.39 Å². The Bertz CT molecular complexity index is 1270. The van der Waals surface area contributed by atoms with Gasteiger partial charge in [-0.05, 0) is 49.9 Å². The lowest BCUT2D eigenvalue weighted by molar-refractivity contribution is 0.0709. The van der Waals surface area contributed by atoms with Crippen molar-refractivity contribution in [2.75, 3.05) is 30.3 Å². The third-order valence-electron chi connectivity index (χ3n) is 6.84. The van der Waals surface area contributed by atoms with Crippen LogP contribution in [0.15, 0.2) is 30.5 Å². The van der Waals surface area contributed by atoms with Crippen LogP contribution in [0.4, 0.5) is 15.9 Å². The van der Waals surface area contributed by atoms with E-state index in [1.807, 2.05) is 11.0 Å². The Hall–Kier alpha value is -3.69. The topological polar surface area (TPSA) is 102 Å². The molecule has 0 spiro atoms. The van der Waals surface area contributed by atoms with Crippen molar-refractivity contribution in [3.8, 4) is 17.0 Å². The summed E-state index contributed by atoms with van der Waals surface area (Å²) in [4.78, 5) is 17.6. The molecule has 6 rings (SSSR count). The number of carbonyl (C=O) groups excluding carboxylic acids is 1. The van der Waals surface area contributed by atoms with Gasteiger partial charge in [0, 0.05) is 31.4 Å². The fraction of sp³-hybridized carbons (Fsp3) is 0.417. The second-order valence-corrected chi connectivity index (χ2v) is 9.18. The lowest BCUT2D eigenvalue weighted by Gasteiger charge is -2.30. The van der Waals surface area contributed by atoms with E-state index in [0.717, 1.165) is 37.8 Å². The summed E-state index contributed by atoms with van der Waals surface area (Å²) in [5, 5.41) is 13.0. The van der Waals surface area contributed by atoms with Gasteiger partial charge in [-0.15, -0.1) is 10.2 Å². The van der Waals surface area contributed by atoms with Gasteiger partial charge in [0.25, 0.3) is 5.91 Å². The number of benzene rings is 1. The van der Waals surface area contributed by atoms with E-state index < -0.39 is 0 Å². The van der Waals surface area contributed by atoms with E-state index in [2.05, 4.69) is 20.2 Å². The Morgan fingerprint density at radius 2 is 1.97 bits per heavy atom. The molecular weight excluding hydrogens is 437 g/mol. The van der Waals surface area contributed by atoms with Gasteiger partial charge in [0.05, 0.1) is 29.5 Å². The quantitative estimate of drug-likeness (QED) is 0.592. The highest BCUT2D eigenvalue weighted by molar-refractivity contribution is 5.99. The van der Waals surface area contributed by atoms with Crippen molar-refractivity contribution >= 4 is 17.4 Å². The van der Waals surface area contributed by atoms with Crippen LogP contribution in [-0.4, -0.2) is 56.5 Å². The number of rotatable bonds is 1. The van der Waals surface area contributed by atoms with Crippen LogP contribution in [0.1, 0.15) is 47.8 Å². The van der Waals surface area contributed by atoms with Gasteiger partial charge in [-0.3, -0.25) is 9.48 Å². The minimum atomic E-state index is -0.313. The molecule has 176 valence electrons. The Kier molecular flexibility index (Phi) is 4.89. The minimum Gasteiger partial charge on any atom is -0.491 e. The summed E-state index contributed by atoms with van der Waals surface area (Å²) < 4.78 is 22.1. The number of halogens is 1. The van der Waals surface area contributed by atoms with Crippen LogP contribution >= 0.6 is 0 Å². The molecule has 0 radical (unpaired) electrons. The van der Waals surface area contributed by atoms with Crippen LogP contribution in [0.25, 0.3) is 11.3 Å². The molecule has 34 heavy (non-hydrogen) atoms. The fourth-order valence-corrected chi connectivity index (χ4v) is 5.10. The second-order valence-electron chi connectivity index (χ2n) is 9.18. The molecular formula is C24H26FN7O2. The number of anilines is 2. The van der Waals surface area contributed by atoms with Crippen molar-refractivity contribution in [1.82, 2.24) is 24.9 Å². The van der Waals surface area contributed by atoms with Gasteiger partial charge in [-0.2, -0.15) is 5.10 Å². The number of nitrogens with zero attached hydrogens (tertiary/aromatic N) is 6. The maximum absolute atomic E-state index is 14.3. The molecule has 1 aliphatic carbocycles. The molecule has 2 aromatic heterocycles. The van der Waals surface area contributed by atoms with Gasteiger partial charge >= 0.3 is 0 Å². The van der Waals surface area contributed by atoms with Crippen molar-refractivity contribution in [1.29, 1.82) is 0 Å². The smallest absolute Gasteiger partial charge is 0.275 e. The van der Waals surface area contributed by atoms with Crippen LogP contribution in [0.2, 0.25) is 0 Å². The van der Waals surface area contributed by atoms with E-state index in [9.17, 15) is 9.18 Å². The summed E-state index contributed by atoms with van der Waals surface area (Å²) in [5.74, 6) is 0.444. The number of aromatic nitrogens is 4. The molecule has 2 fully saturated rings. The summed E-state index contributed by atoms with van der Waals surface area (Å²) in [6, 6.07) is 6.55. The average molecular weight is 464 g/mol. The Morgan fingerprint density at radius 3 is 2.79 bits per heavy atom. The molecule has 1 amide bonds. The molecule has 0 unspecified atom stereocenters. The molecule has 1 aromatic carbocycles. The average Bonchev–Trinajstić information content (AvgIpc) is 3.40. The zero-order chi connectivity index (χ0) is 23.4. The zero-order valence-corrected chi connectivity index (χ0v) is 18.9. The lowest BCUT2D eigenvalue weighted by atomic mass is 10.0. The number of aryl methyl sites for hydroxylation is 1. The molecule has 9 nitrogen and oxygen atoms in total. The van der Waals surface area contributed by atoms with Crippen LogP contribution in [-0.2, 0) is 7.05 Å². The van der Waals surface area contributed by atoms with Gasteiger partial charge < -0.3 is 20.3 Å². The first-order valence-electron chi connectivity index (χ1n) is 11.7. The number of fused-ring (bicyclic) bond motifs is 8. The molecule has 3 aliphatic rings. The van der Waals surface area contributed by atoms with Crippen molar-refractivity contribution in [2.45, 2.75) is 37.8 Å².